The zero-order valence-electron chi connectivity index (χ0n) is 14.9. The minimum absolute atomic E-state index is 0.0226. The fourth-order valence-corrected chi connectivity index (χ4v) is 3.87. The summed E-state index contributed by atoms with van der Waals surface area (Å²) in [5.41, 5.74) is 2.46. The molecule has 132 valence electrons. The smallest absolute Gasteiger partial charge is 0.317 e. The molecule has 2 aliphatic heterocycles. The Balaban J connectivity index is 1.64. The van der Waals surface area contributed by atoms with Crippen LogP contribution in [-0.2, 0) is 4.74 Å². The number of benzene rings is 1. The average molecular weight is 332 g/mol. The number of carbonyl (C=O) groups is 1. The molecule has 1 unspecified atom stereocenters. The molecule has 0 radical (unpaired) electrons. The summed E-state index contributed by atoms with van der Waals surface area (Å²) in [6.07, 6.45) is 3.22. The summed E-state index contributed by atoms with van der Waals surface area (Å²) in [6.45, 7) is 7.39. The maximum absolute atomic E-state index is 12.7. The Morgan fingerprint density at radius 1 is 1.33 bits per heavy atom. The molecule has 1 aromatic rings. The zero-order chi connectivity index (χ0) is 17.2. The fraction of sp³-hybridized carbons (Fsp3) is 0.632. The molecule has 1 N–H and O–H groups in total. The topological polar surface area (TPSA) is 50.8 Å². The predicted molar refractivity (Wildman–Crippen MR) is 93.4 cm³/mol. The predicted octanol–water partition coefficient (Wildman–Crippen LogP) is 3.28. The van der Waals surface area contributed by atoms with Crippen molar-refractivity contribution in [3.05, 3.63) is 29.3 Å². The third kappa shape index (κ3) is 3.51. The number of amides is 2. The SMILES string of the molecule is COc1ccc(C)cc1C(C)NC(=O)N1CCC2(CCOCC2)C1. The summed E-state index contributed by atoms with van der Waals surface area (Å²) >= 11 is 0. The van der Waals surface area contributed by atoms with Gasteiger partial charge in [-0.05, 0) is 44.6 Å². The first-order valence-corrected chi connectivity index (χ1v) is 8.81. The molecule has 2 saturated heterocycles. The first-order valence-electron chi connectivity index (χ1n) is 8.81. The van der Waals surface area contributed by atoms with Crippen LogP contribution < -0.4 is 10.1 Å². The van der Waals surface area contributed by atoms with Gasteiger partial charge in [-0.2, -0.15) is 0 Å². The fourth-order valence-electron chi connectivity index (χ4n) is 3.87. The summed E-state index contributed by atoms with van der Waals surface area (Å²) in [5.74, 6) is 0.815. The molecule has 2 aliphatic rings. The number of rotatable bonds is 3. The normalized spacial score (nSPS) is 20.9. The van der Waals surface area contributed by atoms with E-state index in [9.17, 15) is 4.79 Å². The summed E-state index contributed by atoms with van der Waals surface area (Å²) in [7, 11) is 1.66. The van der Waals surface area contributed by atoms with Crippen molar-refractivity contribution in [2.75, 3.05) is 33.4 Å². The van der Waals surface area contributed by atoms with Gasteiger partial charge in [0, 0.05) is 31.9 Å². The molecule has 2 fully saturated rings. The molecule has 1 spiro atoms. The Kier molecular flexibility index (Phi) is 4.99. The molecule has 1 atom stereocenters. The van der Waals surface area contributed by atoms with Gasteiger partial charge in [-0.25, -0.2) is 4.79 Å². The summed E-state index contributed by atoms with van der Waals surface area (Å²) in [4.78, 5) is 14.6. The van der Waals surface area contributed by atoms with E-state index < -0.39 is 0 Å². The van der Waals surface area contributed by atoms with Crippen molar-refractivity contribution in [3.63, 3.8) is 0 Å². The molecule has 1 aromatic carbocycles. The highest BCUT2D eigenvalue weighted by molar-refractivity contribution is 5.75. The third-order valence-corrected chi connectivity index (χ3v) is 5.47. The average Bonchev–Trinajstić information content (AvgIpc) is 2.99. The zero-order valence-corrected chi connectivity index (χ0v) is 14.9. The number of hydrogen-bond acceptors (Lipinski definition) is 3. The lowest BCUT2D eigenvalue weighted by molar-refractivity contribution is 0.0208. The van der Waals surface area contributed by atoms with Crippen molar-refractivity contribution >= 4 is 6.03 Å². The number of methoxy groups -OCH3 is 1. The van der Waals surface area contributed by atoms with E-state index in [1.807, 2.05) is 30.9 Å². The third-order valence-electron chi connectivity index (χ3n) is 5.47. The van der Waals surface area contributed by atoms with E-state index in [-0.39, 0.29) is 17.5 Å². The lowest BCUT2D eigenvalue weighted by atomic mass is 9.80. The number of urea groups is 1. The molecule has 2 amide bonds. The van der Waals surface area contributed by atoms with Crippen molar-refractivity contribution in [3.8, 4) is 5.75 Å². The highest BCUT2D eigenvalue weighted by Gasteiger charge is 2.41. The molecule has 5 nitrogen and oxygen atoms in total. The van der Waals surface area contributed by atoms with Gasteiger partial charge in [0.15, 0.2) is 0 Å². The van der Waals surface area contributed by atoms with E-state index in [0.29, 0.717) is 0 Å². The maximum Gasteiger partial charge on any atom is 0.317 e. The molecule has 0 bridgehead atoms. The molecule has 0 aromatic heterocycles. The maximum atomic E-state index is 12.7. The van der Waals surface area contributed by atoms with E-state index in [0.717, 1.165) is 62.4 Å². The number of nitrogens with one attached hydrogen (secondary N) is 1. The lowest BCUT2D eigenvalue weighted by Gasteiger charge is -2.33. The van der Waals surface area contributed by atoms with Crippen LogP contribution in [0.25, 0.3) is 0 Å². The molecule has 24 heavy (non-hydrogen) atoms. The first kappa shape index (κ1) is 17.1. The number of nitrogens with zero attached hydrogens (tertiary/aromatic N) is 1. The molecular weight excluding hydrogens is 304 g/mol. The molecule has 5 heteroatoms. The Hall–Kier alpha value is -1.75. The number of hydrogen-bond donors (Lipinski definition) is 1. The number of ether oxygens (including phenoxy) is 2. The largest absolute Gasteiger partial charge is 0.496 e. The summed E-state index contributed by atoms with van der Waals surface area (Å²) in [5, 5.41) is 3.14. The van der Waals surface area contributed by atoms with Crippen LogP contribution in [-0.4, -0.2) is 44.3 Å². The van der Waals surface area contributed by atoms with Gasteiger partial charge in [0.25, 0.3) is 0 Å². The van der Waals surface area contributed by atoms with E-state index >= 15 is 0 Å². The minimum atomic E-state index is -0.0846. The quantitative estimate of drug-likeness (QED) is 0.924. The van der Waals surface area contributed by atoms with Crippen molar-refractivity contribution in [2.45, 2.75) is 39.2 Å². The van der Waals surface area contributed by atoms with Crippen LogP contribution >= 0.6 is 0 Å². The van der Waals surface area contributed by atoms with E-state index in [1.54, 1.807) is 7.11 Å². The second kappa shape index (κ2) is 7.01. The van der Waals surface area contributed by atoms with Gasteiger partial charge in [0.05, 0.1) is 13.2 Å². The van der Waals surface area contributed by atoms with Gasteiger partial charge in [0.2, 0.25) is 0 Å². The Bertz CT molecular complexity index is 596. The second-order valence-electron chi connectivity index (χ2n) is 7.20. The molecule has 2 heterocycles. The van der Waals surface area contributed by atoms with Crippen molar-refractivity contribution in [2.24, 2.45) is 5.41 Å². The Labute approximate surface area is 144 Å². The van der Waals surface area contributed by atoms with E-state index in [4.69, 9.17) is 9.47 Å². The van der Waals surface area contributed by atoms with Gasteiger partial charge >= 0.3 is 6.03 Å². The van der Waals surface area contributed by atoms with E-state index in [2.05, 4.69) is 11.4 Å². The van der Waals surface area contributed by atoms with Gasteiger partial charge in [-0.1, -0.05) is 17.7 Å². The summed E-state index contributed by atoms with van der Waals surface area (Å²) in [6, 6.07) is 5.99. The van der Waals surface area contributed by atoms with Gasteiger partial charge < -0.3 is 19.7 Å². The molecule has 0 saturated carbocycles. The van der Waals surface area contributed by atoms with Gasteiger partial charge in [0.1, 0.15) is 5.75 Å². The van der Waals surface area contributed by atoms with Crippen LogP contribution in [0.2, 0.25) is 0 Å². The van der Waals surface area contributed by atoms with Gasteiger partial charge in [-0.15, -0.1) is 0 Å². The molecule has 3 rings (SSSR count). The first-order chi connectivity index (χ1) is 11.5. The van der Waals surface area contributed by atoms with Crippen LogP contribution in [0, 0.1) is 12.3 Å². The van der Waals surface area contributed by atoms with Crippen molar-refractivity contribution in [1.29, 1.82) is 0 Å². The standard InChI is InChI=1S/C19H28N2O3/c1-14-4-5-17(23-3)16(12-14)15(2)20-18(22)21-9-6-19(13-21)7-10-24-11-8-19/h4-5,12,15H,6-11,13H2,1-3H3,(H,20,22). The number of aryl methyl sites for hydroxylation is 1. The van der Waals surface area contributed by atoms with Crippen LogP contribution in [0.3, 0.4) is 0 Å². The minimum Gasteiger partial charge on any atom is -0.496 e. The van der Waals surface area contributed by atoms with Crippen LogP contribution in [0.1, 0.15) is 43.4 Å². The highest BCUT2D eigenvalue weighted by atomic mass is 16.5. The van der Waals surface area contributed by atoms with Gasteiger partial charge in [-0.3, -0.25) is 0 Å². The molecular formula is C19H28N2O3. The summed E-state index contributed by atoms with van der Waals surface area (Å²) < 4.78 is 10.9. The van der Waals surface area contributed by atoms with Crippen molar-refractivity contribution < 1.29 is 14.3 Å². The molecule has 0 aliphatic carbocycles. The second-order valence-corrected chi connectivity index (χ2v) is 7.20. The van der Waals surface area contributed by atoms with Crippen LogP contribution in [0.5, 0.6) is 5.75 Å². The number of likely N-dealkylation sites (tertiary alicyclic amines) is 1. The lowest BCUT2D eigenvalue weighted by Crippen LogP contribution is -2.42. The van der Waals surface area contributed by atoms with Crippen molar-refractivity contribution in [1.82, 2.24) is 10.2 Å². The Morgan fingerprint density at radius 2 is 2.08 bits per heavy atom. The monoisotopic (exact) mass is 332 g/mol. The highest BCUT2D eigenvalue weighted by Crippen LogP contribution is 2.39. The van der Waals surface area contributed by atoms with Crippen LogP contribution in [0.4, 0.5) is 4.79 Å². The Morgan fingerprint density at radius 3 is 2.79 bits per heavy atom. The van der Waals surface area contributed by atoms with E-state index in [1.165, 1.54) is 0 Å². The number of carbonyl (C=O) groups excluding carboxylic acids is 1. The van der Waals surface area contributed by atoms with Crippen LogP contribution in [0.15, 0.2) is 18.2 Å².